The highest BCUT2D eigenvalue weighted by molar-refractivity contribution is 9.10. The van der Waals surface area contributed by atoms with Crippen molar-refractivity contribution in [2.75, 3.05) is 0 Å². The molecule has 1 atom stereocenters. The smallest absolute Gasteiger partial charge is 0.405 e. The van der Waals surface area contributed by atoms with Gasteiger partial charge in [0.25, 0.3) is 0 Å². The van der Waals surface area contributed by atoms with E-state index < -0.39 is 12.1 Å². The van der Waals surface area contributed by atoms with Gasteiger partial charge in [-0.25, -0.2) is 9.78 Å². The van der Waals surface area contributed by atoms with E-state index in [2.05, 4.69) is 37.8 Å². The zero-order chi connectivity index (χ0) is 14.5. The van der Waals surface area contributed by atoms with Gasteiger partial charge < -0.3 is 15.4 Å². The van der Waals surface area contributed by atoms with Gasteiger partial charge in [-0.15, -0.1) is 6.58 Å². The van der Waals surface area contributed by atoms with Crippen LogP contribution in [0, 0.1) is 0 Å². The van der Waals surface area contributed by atoms with Crippen molar-refractivity contribution < 1.29 is 9.90 Å². The minimum atomic E-state index is -1.09. The first kappa shape index (κ1) is 14.3. The maximum absolute atomic E-state index is 10.8. The van der Waals surface area contributed by atoms with Crippen molar-refractivity contribution in [1.29, 1.82) is 0 Å². The standard InChI is InChI=1S/C14H14BrN3O2/c1-2-5-11(18-14(19)20)13-16-8-12(17-13)9-6-3-4-7-10(9)15/h2-4,6-8,11,18H,1,5H2,(H,16,17)(H,19,20). The maximum Gasteiger partial charge on any atom is 0.405 e. The fraction of sp³-hybridized carbons (Fsp3) is 0.143. The molecule has 5 nitrogen and oxygen atoms in total. The monoisotopic (exact) mass is 335 g/mol. The number of hydrogen-bond acceptors (Lipinski definition) is 2. The third-order valence-corrected chi connectivity index (χ3v) is 3.48. The molecule has 0 aliphatic rings. The van der Waals surface area contributed by atoms with Crippen molar-refractivity contribution in [3.63, 3.8) is 0 Å². The largest absolute Gasteiger partial charge is 0.465 e. The van der Waals surface area contributed by atoms with Crippen molar-refractivity contribution >= 4 is 22.0 Å². The summed E-state index contributed by atoms with van der Waals surface area (Å²) in [6.07, 6.45) is 2.72. The van der Waals surface area contributed by atoms with Crippen LogP contribution in [-0.2, 0) is 0 Å². The molecule has 2 rings (SSSR count). The Hall–Kier alpha value is -2.08. The number of nitrogens with one attached hydrogen (secondary N) is 2. The average Bonchev–Trinajstić information content (AvgIpc) is 2.87. The molecule has 0 saturated carbocycles. The van der Waals surface area contributed by atoms with Crippen LogP contribution < -0.4 is 5.32 Å². The van der Waals surface area contributed by atoms with Gasteiger partial charge in [-0.05, 0) is 12.5 Å². The van der Waals surface area contributed by atoms with Gasteiger partial charge in [0.2, 0.25) is 0 Å². The summed E-state index contributed by atoms with van der Waals surface area (Å²) in [6, 6.07) is 7.32. The number of nitrogens with zero attached hydrogens (tertiary/aromatic N) is 1. The third-order valence-electron chi connectivity index (χ3n) is 2.79. The fourth-order valence-electron chi connectivity index (χ4n) is 1.88. The molecule has 0 bridgehead atoms. The van der Waals surface area contributed by atoms with Gasteiger partial charge in [-0.1, -0.05) is 40.2 Å². The number of aromatic amines is 1. The summed E-state index contributed by atoms with van der Waals surface area (Å²) in [4.78, 5) is 18.2. The number of benzene rings is 1. The first-order chi connectivity index (χ1) is 9.61. The first-order valence-electron chi connectivity index (χ1n) is 6.02. The summed E-state index contributed by atoms with van der Waals surface area (Å²) < 4.78 is 0.946. The SMILES string of the molecule is C=CCC(NC(=O)O)c1ncc(-c2ccccc2Br)[nH]1. The predicted molar refractivity (Wildman–Crippen MR) is 80.4 cm³/mol. The lowest BCUT2D eigenvalue weighted by Crippen LogP contribution is -2.27. The fourth-order valence-corrected chi connectivity index (χ4v) is 2.38. The molecule has 0 fully saturated rings. The van der Waals surface area contributed by atoms with Gasteiger partial charge in [0.1, 0.15) is 5.82 Å². The second-order valence-electron chi connectivity index (χ2n) is 4.19. The number of aromatic nitrogens is 2. The van der Waals surface area contributed by atoms with Gasteiger partial charge in [-0.3, -0.25) is 0 Å². The van der Waals surface area contributed by atoms with Crippen LogP contribution in [0.25, 0.3) is 11.3 Å². The van der Waals surface area contributed by atoms with Gasteiger partial charge in [0, 0.05) is 10.0 Å². The first-order valence-corrected chi connectivity index (χ1v) is 6.81. The summed E-state index contributed by atoms with van der Waals surface area (Å²) >= 11 is 3.48. The van der Waals surface area contributed by atoms with E-state index in [0.717, 1.165) is 15.7 Å². The molecule has 1 amide bonds. The lowest BCUT2D eigenvalue weighted by Gasteiger charge is -2.12. The number of carboxylic acid groups (broad SMARTS) is 1. The lowest BCUT2D eigenvalue weighted by molar-refractivity contribution is 0.189. The number of imidazole rings is 1. The molecule has 0 spiro atoms. The molecule has 1 heterocycles. The molecule has 2 aromatic rings. The van der Waals surface area contributed by atoms with Crippen LogP contribution in [0.2, 0.25) is 0 Å². The minimum Gasteiger partial charge on any atom is -0.465 e. The van der Waals surface area contributed by atoms with Crippen molar-refractivity contribution in [2.45, 2.75) is 12.5 Å². The predicted octanol–water partition coefficient (Wildman–Crippen LogP) is 3.72. The van der Waals surface area contributed by atoms with Crippen LogP contribution in [0.5, 0.6) is 0 Å². The molecule has 0 aliphatic heterocycles. The molecule has 104 valence electrons. The Morgan fingerprint density at radius 1 is 1.55 bits per heavy atom. The normalized spacial score (nSPS) is 11.8. The third kappa shape index (κ3) is 3.27. The number of amides is 1. The number of halogens is 1. The van der Waals surface area contributed by atoms with E-state index in [-0.39, 0.29) is 0 Å². The molecule has 0 saturated heterocycles. The summed E-state index contributed by atoms with van der Waals surface area (Å²) in [5.74, 6) is 0.568. The van der Waals surface area contributed by atoms with Crippen molar-refractivity contribution in [2.24, 2.45) is 0 Å². The zero-order valence-corrected chi connectivity index (χ0v) is 12.2. The van der Waals surface area contributed by atoms with Gasteiger partial charge in [0.05, 0.1) is 17.9 Å². The van der Waals surface area contributed by atoms with Crippen LogP contribution in [0.1, 0.15) is 18.3 Å². The van der Waals surface area contributed by atoms with Crippen LogP contribution >= 0.6 is 15.9 Å². The highest BCUT2D eigenvalue weighted by atomic mass is 79.9. The van der Waals surface area contributed by atoms with Crippen molar-refractivity contribution in [3.05, 3.63) is 53.4 Å². The summed E-state index contributed by atoms with van der Waals surface area (Å²) in [6.45, 7) is 3.63. The molecule has 1 aromatic heterocycles. The molecule has 0 aliphatic carbocycles. The Kier molecular flexibility index (Phi) is 4.57. The highest BCUT2D eigenvalue weighted by Gasteiger charge is 2.16. The Bertz CT molecular complexity index is 624. The molecule has 1 aromatic carbocycles. The molecule has 0 radical (unpaired) electrons. The summed E-state index contributed by atoms with van der Waals surface area (Å²) in [5.41, 5.74) is 1.80. The number of carbonyl (C=O) groups is 1. The van der Waals surface area contributed by atoms with E-state index in [0.29, 0.717) is 12.2 Å². The van der Waals surface area contributed by atoms with E-state index in [9.17, 15) is 4.79 Å². The summed E-state index contributed by atoms with van der Waals surface area (Å²) in [5, 5.41) is 11.3. The van der Waals surface area contributed by atoms with Crippen molar-refractivity contribution in [3.8, 4) is 11.3 Å². The maximum atomic E-state index is 10.8. The Morgan fingerprint density at radius 2 is 2.30 bits per heavy atom. The average molecular weight is 336 g/mol. The quantitative estimate of drug-likeness (QED) is 0.728. The van der Waals surface area contributed by atoms with Crippen molar-refractivity contribution in [1.82, 2.24) is 15.3 Å². The van der Waals surface area contributed by atoms with E-state index in [1.54, 1.807) is 12.3 Å². The second kappa shape index (κ2) is 6.38. The van der Waals surface area contributed by atoms with E-state index in [4.69, 9.17) is 5.11 Å². The topological polar surface area (TPSA) is 78.0 Å². The highest BCUT2D eigenvalue weighted by Crippen LogP contribution is 2.27. The van der Waals surface area contributed by atoms with Crippen LogP contribution in [0.3, 0.4) is 0 Å². The lowest BCUT2D eigenvalue weighted by atomic mass is 10.2. The van der Waals surface area contributed by atoms with Crippen LogP contribution in [0.4, 0.5) is 4.79 Å². The molecule has 20 heavy (non-hydrogen) atoms. The van der Waals surface area contributed by atoms with Crippen LogP contribution in [-0.4, -0.2) is 21.2 Å². The van der Waals surface area contributed by atoms with E-state index >= 15 is 0 Å². The van der Waals surface area contributed by atoms with E-state index in [1.807, 2.05) is 24.3 Å². The Labute approximate surface area is 124 Å². The molecule has 1 unspecified atom stereocenters. The Morgan fingerprint density at radius 3 is 2.95 bits per heavy atom. The molecule has 3 N–H and O–H groups in total. The number of H-pyrrole nitrogens is 1. The number of hydrogen-bond donors (Lipinski definition) is 3. The van der Waals surface area contributed by atoms with Gasteiger partial charge >= 0.3 is 6.09 Å². The van der Waals surface area contributed by atoms with Gasteiger partial charge in [0.15, 0.2) is 0 Å². The summed E-state index contributed by atoms with van der Waals surface area (Å²) in [7, 11) is 0. The number of rotatable bonds is 5. The molecule has 6 heteroatoms. The zero-order valence-electron chi connectivity index (χ0n) is 10.6. The second-order valence-corrected chi connectivity index (χ2v) is 5.04. The molecular formula is C14H14BrN3O2. The Balaban J connectivity index is 2.29. The van der Waals surface area contributed by atoms with Crippen LogP contribution in [0.15, 0.2) is 47.6 Å². The molecular weight excluding hydrogens is 322 g/mol. The van der Waals surface area contributed by atoms with E-state index in [1.165, 1.54) is 0 Å². The minimum absolute atomic E-state index is 0.429. The van der Waals surface area contributed by atoms with Gasteiger partial charge in [-0.2, -0.15) is 0 Å².